The van der Waals surface area contributed by atoms with Crippen LogP contribution >= 0.6 is 27.5 Å². The Labute approximate surface area is 125 Å². The van der Waals surface area contributed by atoms with Gasteiger partial charge in [0.1, 0.15) is 10.8 Å². The number of aromatic nitrogens is 2. The monoisotopic (exact) mass is 364 g/mol. The Balaban J connectivity index is 2.91. The number of benzene rings is 1. The molecule has 0 aliphatic carbocycles. The third-order valence-electron chi connectivity index (χ3n) is 2.70. The highest BCUT2D eigenvalue weighted by Gasteiger charge is 2.19. The first-order valence-corrected chi connectivity index (χ1v) is 6.72. The van der Waals surface area contributed by atoms with E-state index in [-0.39, 0.29) is 21.6 Å². The van der Waals surface area contributed by atoms with Crippen LogP contribution in [0, 0.1) is 11.6 Å². The van der Waals surface area contributed by atoms with Crippen molar-refractivity contribution in [1.29, 1.82) is 0 Å². The van der Waals surface area contributed by atoms with Crippen molar-refractivity contribution in [2.24, 2.45) is 0 Å². The minimum Gasteiger partial charge on any atom is -0.297 e. The van der Waals surface area contributed by atoms with E-state index in [1.54, 1.807) is 6.92 Å². The summed E-state index contributed by atoms with van der Waals surface area (Å²) in [5.74, 6) is -2.07. The van der Waals surface area contributed by atoms with E-state index in [4.69, 9.17) is 11.6 Å². The predicted molar refractivity (Wildman–Crippen MR) is 74.7 cm³/mol. The second kappa shape index (κ2) is 5.49. The van der Waals surface area contributed by atoms with E-state index in [0.29, 0.717) is 4.57 Å². The molecule has 20 heavy (non-hydrogen) atoms. The fourth-order valence-electron chi connectivity index (χ4n) is 1.80. The van der Waals surface area contributed by atoms with Crippen molar-refractivity contribution in [2.75, 3.05) is 0 Å². The first-order valence-electron chi connectivity index (χ1n) is 5.55. The average molecular weight is 366 g/mol. The van der Waals surface area contributed by atoms with Crippen molar-refractivity contribution in [2.45, 2.75) is 13.3 Å². The van der Waals surface area contributed by atoms with Crippen molar-refractivity contribution < 1.29 is 8.78 Å². The molecule has 0 radical (unpaired) electrons. The molecule has 2 rings (SSSR count). The highest BCUT2D eigenvalue weighted by molar-refractivity contribution is 9.10. The number of H-pyrrole nitrogens is 1. The highest BCUT2D eigenvalue weighted by Crippen LogP contribution is 2.21. The van der Waals surface area contributed by atoms with Crippen LogP contribution in [0.4, 0.5) is 8.78 Å². The molecule has 0 saturated heterocycles. The average Bonchev–Trinajstić information content (AvgIpc) is 2.32. The Morgan fingerprint density at radius 1 is 1.30 bits per heavy atom. The maximum atomic E-state index is 13.9. The summed E-state index contributed by atoms with van der Waals surface area (Å²) in [5.41, 5.74) is -2.50. The molecule has 2 aromatic rings. The smallest absolute Gasteiger partial charge is 0.297 e. The summed E-state index contributed by atoms with van der Waals surface area (Å²) < 4.78 is 28.3. The van der Waals surface area contributed by atoms with Gasteiger partial charge in [0.05, 0.1) is 5.56 Å². The summed E-state index contributed by atoms with van der Waals surface area (Å²) in [4.78, 5) is 26.1. The first-order chi connectivity index (χ1) is 9.36. The summed E-state index contributed by atoms with van der Waals surface area (Å²) in [7, 11) is 0. The van der Waals surface area contributed by atoms with Gasteiger partial charge >= 0.3 is 5.69 Å². The molecule has 0 atom stereocenters. The molecule has 0 bridgehead atoms. The van der Waals surface area contributed by atoms with E-state index in [2.05, 4.69) is 20.9 Å². The van der Waals surface area contributed by atoms with Gasteiger partial charge in [-0.15, -0.1) is 0 Å². The van der Waals surface area contributed by atoms with Gasteiger partial charge in [0.15, 0.2) is 11.6 Å². The van der Waals surface area contributed by atoms with Crippen LogP contribution in [0.15, 0.2) is 26.2 Å². The molecule has 4 nitrogen and oxygen atoms in total. The summed E-state index contributed by atoms with van der Waals surface area (Å²) >= 11 is 8.66. The van der Waals surface area contributed by atoms with Crippen LogP contribution in [0.25, 0.3) is 5.69 Å². The van der Waals surface area contributed by atoms with Gasteiger partial charge in [0.25, 0.3) is 5.56 Å². The van der Waals surface area contributed by atoms with Crippen LogP contribution in [-0.2, 0) is 6.42 Å². The van der Waals surface area contributed by atoms with Crippen molar-refractivity contribution in [1.82, 2.24) is 9.55 Å². The highest BCUT2D eigenvalue weighted by atomic mass is 79.9. The Morgan fingerprint density at radius 2 is 1.85 bits per heavy atom. The zero-order valence-electron chi connectivity index (χ0n) is 10.1. The van der Waals surface area contributed by atoms with Crippen LogP contribution in [0.5, 0.6) is 0 Å². The van der Waals surface area contributed by atoms with Crippen molar-refractivity contribution in [3.8, 4) is 5.69 Å². The van der Waals surface area contributed by atoms with Gasteiger partial charge in [0, 0.05) is 4.47 Å². The molecule has 0 unspecified atom stereocenters. The standard InChI is InChI=1S/C12H8BrClF2N2O2/c1-2-6-10(14)17-12(20)18(11(6)19)9-7(15)3-5(13)4-8(9)16/h3-4H,2H2,1H3,(H,17,20). The number of rotatable bonds is 2. The lowest BCUT2D eigenvalue weighted by molar-refractivity contribution is 0.560. The maximum Gasteiger partial charge on any atom is 0.334 e. The molecular formula is C12H8BrClF2N2O2. The quantitative estimate of drug-likeness (QED) is 0.832. The Hall–Kier alpha value is -1.47. The normalized spacial score (nSPS) is 10.8. The number of nitrogens with one attached hydrogen (secondary N) is 1. The second-order valence-electron chi connectivity index (χ2n) is 3.93. The number of halogens is 4. The fourth-order valence-corrected chi connectivity index (χ4v) is 2.50. The third-order valence-corrected chi connectivity index (χ3v) is 3.49. The summed E-state index contributed by atoms with van der Waals surface area (Å²) in [6, 6.07) is 1.93. The van der Waals surface area contributed by atoms with Crippen LogP contribution in [0.1, 0.15) is 12.5 Å². The topological polar surface area (TPSA) is 54.9 Å². The molecule has 8 heteroatoms. The van der Waals surface area contributed by atoms with Crippen LogP contribution < -0.4 is 11.2 Å². The number of hydrogen-bond donors (Lipinski definition) is 1. The lowest BCUT2D eigenvalue weighted by atomic mass is 10.2. The Kier molecular flexibility index (Phi) is 4.10. The van der Waals surface area contributed by atoms with E-state index < -0.39 is 28.6 Å². The van der Waals surface area contributed by atoms with Gasteiger partial charge in [-0.3, -0.25) is 9.78 Å². The summed E-state index contributed by atoms with van der Waals surface area (Å²) in [6.07, 6.45) is 0.216. The minimum atomic E-state index is -1.03. The zero-order chi connectivity index (χ0) is 15.0. The van der Waals surface area contributed by atoms with Crippen molar-refractivity contribution >= 4 is 27.5 Å². The molecule has 0 saturated carbocycles. The molecule has 1 aromatic carbocycles. The molecule has 1 heterocycles. The largest absolute Gasteiger partial charge is 0.334 e. The lowest BCUT2D eigenvalue weighted by Crippen LogP contribution is -2.37. The Morgan fingerprint density at radius 3 is 2.35 bits per heavy atom. The first kappa shape index (κ1) is 14.9. The van der Waals surface area contributed by atoms with Crippen molar-refractivity contribution in [3.63, 3.8) is 0 Å². The summed E-state index contributed by atoms with van der Waals surface area (Å²) in [6.45, 7) is 1.64. The van der Waals surface area contributed by atoms with E-state index in [1.165, 1.54) is 0 Å². The molecule has 0 aliphatic heterocycles. The Bertz CT molecular complexity index is 778. The second-order valence-corrected chi connectivity index (χ2v) is 5.23. The molecule has 0 fully saturated rings. The van der Waals surface area contributed by atoms with Crippen LogP contribution in [-0.4, -0.2) is 9.55 Å². The van der Waals surface area contributed by atoms with Gasteiger partial charge in [-0.25, -0.2) is 18.1 Å². The van der Waals surface area contributed by atoms with E-state index in [0.717, 1.165) is 12.1 Å². The van der Waals surface area contributed by atoms with Gasteiger partial charge in [-0.2, -0.15) is 0 Å². The number of nitrogens with zero attached hydrogens (tertiary/aromatic N) is 1. The lowest BCUT2D eigenvalue weighted by Gasteiger charge is -2.10. The van der Waals surface area contributed by atoms with E-state index in [1.807, 2.05) is 0 Å². The van der Waals surface area contributed by atoms with Crippen LogP contribution in [0.2, 0.25) is 5.15 Å². The van der Waals surface area contributed by atoms with E-state index in [9.17, 15) is 18.4 Å². The molecule has 0 aliphatic rings. The molecule has 1 aromatic heterocycles. The molecular weight excluding hydrogens is 357 g/mol. The molecule has 0 amide bonds. The number of hydrogen-bond acceptors (Lipinski definition) is 2. The predicted octanol–water partition coefficient (Wildman–Crippen LogP) is 2.78. The minimum absolute atomic E-state index is 0.0768. The van der Waals surface area contributed by atoms with E-state index >= 15 is 0 Å². The van der Waals surface area contributed by atoms with Gasteiger partial charge in [-0.1, -0.05) is 34.5 Å². The maximum absolute atomic E-state index is 13.9. The third kappa shape index (κ3) is 2.43. The molecule has 106 valence electrons. The van der Waals surface area contributed by atoms with Gasteiger partial charge in [0.2, 0.25) is 0 Å². The number of aromatic amines is 1. The van der Waals surface area contributed by atoms with Gasteiger partial charge in [-0.05, 0) is 18.6 Å². The summed E-state index contributed by atoms with van der Waals surface area (Å²) in [5, 5.41) is -0.128. The SMILES string of the molecule is CCc1c(Cl)[nH]c(=O)n(-c2c(F)cc(Br)cc2F)c1=O. The van der Waals surface area contributed by atoms with Crippen LogP contribution in [0.3, 0.4) is 0 Å². The van der Waals surface area contributed by atoms with Crippen molar-refractivity contribution in [3.05, 3.63) is 59.8 Å². The zero-order valence-corrected chi connectivity index (χ0v) is 12.5. The molecule has 0 spiro atoms. The molecule has 1 N–H and O–H groups in total. The van der Waals surface area contributed by atoms with Gasteiger partial charge < -0.3 is 0 Å². The fraction of sp³-hybridized carbons (Fsp3) is 0.167.